The number of aromatic nitrogens is 2. The van der Waals surface area contributed by atoms with Crippen LogP contribution < -0.4 is 0 Å². The van der Waals surface area contributed by atoms with Crippen LogP contribution >= 0.6 is 0 Å². The number of benzene rings is 1. The predicted molar refractivity (Wildman–Crippen MR) is 95.9 cm³/mol. The van der Waals surface area contributed by atoms with Crippen molar-refractivity contribution in [1.29, 1.82) is 0 Å². The first-order valence-electron chi connectivity index (χ1n) is 8.93. The SMILES string of the molecule is O=C(Cn1ccc2ncc(-c3ccc(F)c(C(F)(F)F)c3)cc21)N1CCCC1. The van der Waals surface area contributed by atoms with Crippen LogP contribution in [0.25, 0.3) is 22.2 Å². The Morgan fingerprint density at radius 2 is 1.82 bits per heavy atom. The van der Waals surface area contributed by atoms with Crippen LogP contribution in [0, 0.1) is 5.82 Å². The van der Waals surface area contributed by atoms with Crippen LogP contribution in [0.5, 0.6) is 0 Å². The molecule has 0 atom stereocenters. The lowest BCUT2D eigenvalue weighted by atomic mass is 10.0. The maximum absolute atomic E-state index is 13.6. The summed E-state index contributed by atoms with van der Waals surface area (Å²) in [5.74, 6) is -1.31. The molecule has 1 aliphatic rings. The molecule has 3 aromatic rings. The van der Waals surface area contributed by atoms with Crippen LogP contribution in [0.4, 0.5) is 17.6 Å². The van der Waals surface area contributed by atoms with Crippen molar-refractivity contribution in [3.05, 3.63) is 54.1 Å². The van der Waals surface area contributed by atoms with E-state index in [2.05, 4.69) is 4.98 Å². The van der Waals surface area contributed by atoms with Gasteiger partial charge in [-0.25, -0.2) is 4.39 Å². The predicted octanol–water partition coefficient (Wildman–Crippen LogP) is 4.48. The summed E-state index contributed by atoms with van der Waals surface area (Å²) in [6.07, 6.45) is 0.398. The van der Waals surface area contributed by atoms with E-state index in [4.69, 9.17) is 0 Å². The zero-order chi connectivity index (χ0) is 19.9. The van der Waals surface area contributed by atoms with Crippen molar-refractivity contribution in [1.82, 2.24) is 14.5 Å². The molecule has 0 aliphatic carbocycles. The summed E-state index contributed by atoms with van der Waals surface area (Å²) in [6.45, 7) is 1.64. The van der Waals surface area contributed by atoms with Crippen molar-refractivity contribution < 1.29 is 22.4 Å². The second kappa shape index (κ2) is 6.92. The van der Waals surface area contributed by atoms with Gasteiger partial charge in [0.15, 0.2) is 0 Å². The van der Waals surface area contributed by atoms with Crippen LogP contribution in [0.15, 0.2) is 42.7 Å². The Kier molecular flexibility index (Phi) is 4.56. The lowest BCUT2D eigenvalue weighted by Gasteiger charge is -2.16. The number of hydrogen-bond acceptors (Lipinski definition) is 2. The van der Waals surface area contributed by atoms with Gasteiger partial charge in [0, 0.05) is 31.0 Å². The van der Waals surface area contributed by atoms with Gasteiger partial charge in [0.25, 0.3) is 0 Å². The fourth-order valence-electron chi connectivity index (χ4n) is 3.49. The minimum absolute atomic E-state index is 0.00143. The van der Waals surface area contributed by atoms with E-state index in [1.807, 2.05) is 0 Å². The molecule has 2 aromatic heterocycles. The molecule has 0 N–H and O–H groups in total. The Morgan fingerprint density at radius 1 is 1.07 bits per heavy atom. The van der Waals surface area contributed by atoms with Gasteiger partial charge in [-0.1, -0.05) is 6.07 Å². The Balaban J connectivity index is 1.69. The fraction of sp³-hybridized carbons (Fsp3) is 0.300. The molecule has 1 saturated heterocycles. The van der Waals surface area contributed by atoms with Gasteiger partial charge in [-0.2, -0.15) is 13.2 Å². The summed E-state index contributed by atoms with van der Waals surface area (Å²) in [5, 5.41) is 0. The van der Waals surface area contributed by atoms with Crippen LogP contribution in [0.2, 0.25) is 0 Å². The standard InChI is InChI=1S/C20H17F4N3O/c21-16-4-3-13(9-15(16)20(22,23)24)14-10-18-17(25-11-14)5-8-27(18)12-19(28)26-6-1-2-7-26/h3-5,8-11H,1-2,6-7,12H2. The van der Waals surface area contributed by atoms with Crippen molar-refractivity contribution in [3.63, 3.8) is 0 Å². The zero-order valence-corrected chi connectivity index (χ0v) is 14.8. The Morgan fingerprint density at radius 3 is 2.54 bits per heavy atom. The van der Waals surface area contributed by atoms with Crippen LogP contribution in [0.1, 0.15) is 18.4 Å². The molecule has 28 heavy (non-hydrogen) atoms. The molecule has 4 nitrogen and oxygen atoms in total. The molecule has 146 valence electrons. The Hall–Kier alpha value is -2.90. The van der Waals surface area contributed by atoms with E-state index in [0.29, 0.717) is 16.6 Å². The summed E-state index contributed by atoms with van der Waals surface area (Å²) in [5.41, 5.74) is 0.595. The third-order valence-corrected chi connectivity index (χ3v) is 4.99. The average Bonchev–Trinajstić information content (AvgIpc) is 3.31. The molecule has 1 aliphatic heterocycles. The van der Waals surface area contributed by atoms with Crippen LogP contribution in [-0.2, 0) is 17.5 Å². The number of halogens is 4. The lowest BCUT2D eigenvalue weighted by molar-refractivity contribution is -0.140. The number of carbonyl (C=O) groups excluding carboxylic acids is 1. The summed E-state index contributed by atoms with van der Waals surface area (Å²) in [6, 6.07) is 6.30. The monoisotopic (exact) mass is 391 g/mol. The van der Waals surface area contributed by atoms with E-state index >= 15 is 0 Å². The average molecular weight is 391 g/mol. The lowest BCUT2D eigenvalue weighted by Crippen LogP contribution is -2.30. The summed E-state index contributed by atoms with van der Waals surface area (Å²) in [7, 11) is 0. The quantitative estimate of drug-likeness (QED) is 0.618. The molecule has 0 bridgehead atoms. The van der Waals surface area contributed by atoms with Gasteiger partial charge in [-0.3, -0.25) is 9.78 Å². The first-order valence-corrected chi connectivity index (χ1v) is 8.93. The highest BCUT2D eigenvalue weighted by atomic mass is 19.4. The molecule has 1 aromatic carbocycles. The molecule has 0 saturated carbocycles. The highest BCUT2D eigenvalue weighted by molar-refractivity contribution is 5.84. The van der Waals surface area contributed by atoms with Gasteiger partial charge >= 0.3 is 6.18 Å². The third kappa shape index (κ3) is 3.46. The smallest absolute Gasteiger partial charge is 0.341 e. The van der Waals surface area contributed by atoms with Crippen molar-refractivity contribution >= 4 is 16.9 Å². The van der Waals surface area contributed by atoms with Crippen LogP contribution in [0.3, 0.4) is 0 Å². The molecule has 4 rings (SSSR count). The van der Waals surface area contributed by atoms with E-state index in [9.17, 15) is 22.4 Å². The number of nitrogens with zero attached hydrogens (tertiary/aromatic N) is 3. The van der Waals surface area contributed by atoms with E-state index in [1.54, 1.807) is 27.8 Å². The van der Waals surface area contributed by atoms with Crippen LogP contribution in [-0.4, -0.2) is 33.4 Å². The van der Waals surface area contributed by atoms with Gasteiger partial charge < -0.3 is 9.47 Å². The highest BCUT2D eigenvalue weighted by Crippen LogP contribution is 2.34. The van der Waals surface area contributed by atoms with E-state index in [-0.39, 0.29) is 18.0 Å². The van der Waals surface area contributed by atoms with Crippen molar-refractivity contribution in [2.45, 2.75) is 25.6 Å². The third-order valence-electron chi connectivity index (χ3n) is 4.99. The fourth-order valence-corrected chi connectivity index (χ4v) is 3.49. The number of hydrogen-bond donors (Lipinski definition) is 0. The van der Waals surface area contributed by atoms with Crippen molar-refractivity contribution in [3.8, 4) is 11.1 Å². The number of rotatable bonds is 3. The first kappa shape index (κ1) is 18.5. The maximum atomic E-state index is 13.6. The molecular formula is C20H17F4N3O. The molecule has 3 heterocycles. The normalized spacial score (nSPS) is 14.8. The minimum Gasteiger partial charge on any atom is -0.341 e. The zero-order valence-electron chi connectivity index (χ0n) is 14.8. The molecule has 1 amide bonds. The largest absolute Gasteiger partial charge is 0.419 e. The summed E-state index contributed by atoms with van der Waals surface area (Å²) >= 11 is 0. The van der Waals surface area contributed by atoms with E-state index in [0.717, 1.165) is 38.1 Å². The second-order valence-corrected chi connectivity index (χ2v) is 6.85. The molecule has 8 heteroatoms. The minimum atomic E-state index is -4.78. The number of fused-ring (bicyclic) bond motifs is 1. The van der Waals surface area contributed by atoms with Gasteiger partial charge in [0.05, 0.1) is 16.6 Å². The number of alkyl halides is 3. The Bertz CT molecular complexity index is 1040. The molecular weight excluding hydrogens is 374 g/mol. The molecule has 0 spiro atoms. The highest BCUT2D eigenvalue weighted by Gasteiger charge is 2.34. The van der Waals surface area contributed by atoms with E-state index in [1.165, 1.54) is 12.3 Å². The van der Waals surface area contributed by atoms with Gasteiger partial charge in [0.2, 0.25) is 5.91 Å². The molecule has 1 fully saturated rings. The number of likely N-dealkylation sites (tertiary alicyclic amines) is 1. The van der Waals surface area contributed by atoms with Crippen molar-refractivity contribution in [2.75, 3.05) is 13.1 Å². The van der Waals surface area contributed by atoms with Gasteiger partial charge in [-0.05, 0) is 42.7 Å². The summed E-state index contributed by atoms with van der Waals surface area (Å²) in [4.78, 5) is 18.5. The maximum Gasteiger partial charge on any atom is 0.419 e. The molecule has 0 radical (unpaired) electrons. The topological polar surface area (TPSA) is 38.1 Å². The molecule has 0 unspecified atom stereocenters. The van der Waals surface area contributed by atoms with Crippen molar-refractivity contribution in [2.24, 2.45) is 0 Å². The van der Waals surface area contributed by atoms with Gasteiger partial charge in [-0.15, -0.1) is 0 Å². The van der Waals surface area contributed by atoms with Gasteiger partial charge in [0.1, 0.15) is 12.4 Å². The number of amides is 1. The number of pyridine rings is 1. The Labute approximate surface area is 158 Å². The first-order chi connectivity index (χ1) is 13.3. The van der Waals surface area contributed by atoms with E-state index < -0.39 is 17.6 Å². The number of carbonyl (C=O) groups is 1. The second-order valence-electron chi connectivity index (χ2n) is 6.85. The summed E-state index contributed by atoms with van der Waals surface area (Å²) < 4.78 is 54.3.